The second-order valence-electron chi connectivity index (χ2n) is 6.74. The van der Waals surface area contributed by atoms with Gasteiger partial charge >= 0.3 is 18.4 Å². The number of alkyl halides is 6. The molecule has 1 heterocycles. The quantitative estimate of drug-likeness (QED) is 0.682. The Labute approximate surface area is 167 Å². The topological polar surface area (TPSA) is 63.2 Å². The summed E-state index contributed by atoms with van der Waals surface area (Å²) in [6, 6.07) is 5.04. The fraction of sp³-hybridized carbons (Fsp3) is 0.368. The van der Waals surface area contributed by atoms with Gasteiger partial charge in [0.1, 0.15) is 0 Å². The van der Waals surface area contributed by atoms with Crippen molar-refractivity contribution in [2.75, 3.05) is 6.61 Å². The van der Waals surface area contributed by atoms with Gasteiger partial charge in [0.15, 0.2) is 6.61 Å². The number of amides is 2. The van der Waals surface area contributed by atoms with E-state index in [0.717, 1.165) is 17.7 Å². The Kier molecular flexibility index (Phi) is 6.09. The number of aryl methyl sites for hydroxylation is 1. The first-order valence-corrected chi connectivity index (χ1v) is 8.90. The molecule has 11 heteroatoms. The Morgan fingerprint density at radius 1 is 1.13 bits per heavy atom. The summed E-state index contributed by atoms with van der Waals surface area (Å²) >= 11 is 0. The molecule has 1 atom stereocenters. The predicted molar refractivity (Wildman–Crippen MR) is 93.7 cm³/mol. The van der Waals surface area contributed by atoms with Crippen LogP contribution in [0.15, 0.2) is 36.5 Å². The van der Waals surface area contributed by atoms with Crippen molar-refractivity contribution < 1.29 is 35.9 Å². The Bertz CT molecular complexity index is 914. The number of fused-ring (bicyclic) bond motifs is 1. The van der Waals surface area contributed by atoms with Crippen molar-refractivity contribution in [3.63, 3.8) is 0 Å². The van der Waals surface area contributed by atoms with Crippen molar-refractivity contribution in [2.24, 2.45) is 0 Å². The lowest BCUT2D eigenvalue weighted by Gasteiger charge is -2.16. The van der Waals surface area contributed by atoms with E-state index in [1.165, 1.54) is 24.4 Å². The van der Waals surface area contributed by atoms with Crippen molar-refractivity contribution in [3.05, 3.63) is 58.8 Å². The van der Waals surface area contributed by atoms with E-state index in [-0.39, 0.29) is 12.4 Å². The van der Waals surface area contributed by atoms with Crippen molar-refractivity contribution in [2.45, 2.75) is 37.8 Å². The number of urea groups is 1. The Balaban J connectivity index is 1.57. The molecule has 1 unspecified atom stereocenters. The molecule has 162 valence electrons. The van der Waals surface area contributed by atoms with Gasteiger partial charge in [-0.05, 0) is 47.7 Å². The van der Waals surface area contributed by atoms with E-state index in [2.05, 4.69) is 20.4 Å². The minimum atomic E-state index is -4.50. The molecule has 1 aromatic carbocycles. The number of nitrogens with zero attached hydrogens (tertiary/aromatic N) is 1. The van der Waals surface area contributed by atoms with Gasteiger partial charge in [0.05, 0.1) is 11.6 Å². The summed E-state index contributed by atoms with van der Waals surface area (Å²) in [7, 11) is 0. The summed E-state index contributed by atoms with van der Waals surface area (Å²) in [6.45, 7) is -1.52. The number of hydrogen-bond donors (Lipinski definition) is 2. The molecule has 0 spiro atoms. The number of benzene rings is 1. The Morgan fingerprint density at radius 2 is 1.90 bits per heavy atom. The number of carbonyl (C=O) groups is 1. The molecule has 1 aromatic heterocycles. The third kappa shape index (κ3) is 5.77. The molecular weight excluding hydrogens is 416 g/mol. The van der Waals surface area contributed by atoms with E-state index in [1.807, 2.05) is 0 Å². The summed E-state index contributed by atoms with van der Waals surface area (Å²) in [6.07, 6.45) is -6.72. The monoisotopic (exact) mass is 433 g/mol. The zero-order chi connectivity index (χ0) is 21.9. The largest absolute Gasteiger partial charge is 0.468 e. The Hall–Kier alpha value is -2.98. The first kappa shape index (κ1) is 21.7. The summed E-state index contributed by atoms with van der Waals surface area (Å²) < 4.78 is 80.0. The highest BCUT2D eigenvalue weighted by atomic mass is 19.4. The lowest BCUT2D eigenvalue weighted by molar-refractivity contribution is -0.154. The number of carbonyl (C=O) groups excluding carboxylic acids is 1. The molecule has 1 aliphatic rings. The number of hydrogen-bond acceptors (Lipinski definition) is 3. The fourth-order valence-electron chi connectivity index (χ4n) is 3.12. The SMILES string of the molecule is O=C(NCc1ccnc(OCC(F)(F)F)c1)NC1CCc2ccc(C(F)(F)F)cc21. The van der Waals surface area contributed by atoms with Crippen LogP contribution in [-0.2, 0) is 19.1 Å². The van der Waals surface area contributed by atoms with Crippen molar-refractivity contribution in [1.82, 2.24) is 15.6 Å². The lowest BCUT2D eigenvalue weighted by Crippen LogP contribution is -2.37. The minimum absolute atomic E-state index is 0.0289. The van der Waals surface area contributed by atoms with Crippen molar-refractivity contribution >= 4 is 6.03 Å². The molecule has 0 aliphatic heterocycles. The molecule has 0 radical (unpaired) electrons. The molecule has 0 saturated heterocycles. The average Bonchev–Trinajstić information content (AvgIpc) is 3.06. The molecule has 30 heavy (non-hydrogen) atoms. The fourth-order valence-corrected chi connectivity index (χ4v) is 3.12. The van der Waals surface area contributed by atoms with Gasteiger partial charge in [0.2, 0.25) is 5.88 Å². The molecule has 0 fully saturated rings. The number of aromatic nitrogens is 1. The van der Waals surface area contributed by atoms with Gasteiger partial charge in [-0.25, -0.2) is 9.78 Å². The van der Waals surface area contributed by atoms with Gasteiger partial charge in [-0.1, -0.05) is 6.07 Å². The van der Waals surface area contributed by atoms with E-state index >= 15 is 0 Å². The number of halogens is 6. The zero-order valence-corrected chi connectivity index (χ0v) is 15.4. The summed E-state index contributed by atoms with van der Waals surface area (Å²) in [5.41, 5.74) is 0.836. The highest BCUT2D eigenvalue weighted by molar-refractivity contribution is 5.74. The third-order valence-electron chi connectivity index (χ3n) is 4.49. The first-order valence-electron chi connectivity index (χ1n) is 8.90. The van der Waals surface area contributed by atoms with Crippen LogP contribution in [0.1, 0.15) is 34.7 Å². The van der Waals surface area contributed by atoms with Crippen LogP contribution in [0.3, 0.4) is 0 Å². The molecule has 2 N–H and O–H groups in total. The van der Waals surface area contributed by atoms with Gasteiger partial charge in [0, 0.05) is 18.8 Å². The maximum Gasteiger partial charge on any atom is 0.422 e. The smallest absolute Gasteiger partial charge is 0.422 e. The molecule has 2 aromatic rings. The van der Waals surface area contributed by atoms with E-state index in [4.69, 9.17) is 0 Å². The van der Waals surface area contributed by atoms with Gasteiger partial charge < -0.3 is 15.4 Å². The summed E-state index contributed by atoms with van der Waals surface area (Å²) in [5, 5.41) is 5.15. The van der Waals surface area contributed by atoms with Crippen molar-refractivity contribution in [3.8, 4) is 5.88 Å². The second-order valence-corrected chi connectivity index (χ2v) is 6.74. The highest BCUT2D eigenvalue weighted by Gasteiger charge is 2.33. The number of ether oxygens (including phenoxy) is 1. The maximum absolute atomic E-state index is 12.9. The lowest BCUT2D eigenvalue weighted by atomic mass is 10.0. The summed E-state index contributed by atoms with van der Waals surface area (Å²) in [5.74, 6) is -0.239. The molecule has 5 nitrogen and oxygen atoms in total. The van der Waals surface area contributed by atoms with Crippen LogP contribution in [0.5, 0.6) is 5.88 Å². The van der Waals surface area contributed by atoms with E-state index < -0.39 is 36.6 Å². The first-order chi connectivity index (χ1) is 14.0. The third-order valence-corrected chi connectivity index (χ3v) is 4.49. The number of nitrogens with one attached hydrogen (secondary N) is 2. The molecule has 2 amide bonds. The van der Waals surface area contributed by atoms with Crippen LogP contribution in [0.4, 0.5) is 31.1 Å². The molecule has 0 saturated carbocycles. The molecular formula is C19H17F6N3O2. The minimum Gasteiger partial charge on any atom is -0.468 e. The van der Waals surface area contributed by atoms with Crippen LogP contribution in [0, 0.1) is 0 Å². The van der Waals surface area contributed by atoms with Crippen LogP contribution in [-0.4, -0.2) is 23.8 Å². The van der Waals surface area contributed by atoms with Crippen molar-refractivity contribution in [1.29, 1.82) is 0 Å². The van der Waals surface area contributed by atoms with E-state index in [1.54, 1.807) is 0 Å². The maximum atomic E-state index is 12.9. The molecule has 0 bridgehead atoms. The number of rotatable bonds is 5. The standard InChI is InChI=1S/C19H17F6N3O2/c20-18(21,22)10-30-16-7-11(5-6-26-16)9-27-17(29)28-15-4-2-12-1-3-13(8-14(12)15)19(23,24)25/h1,3,5-8,15H,2,4,9-10H2,(H2,27,28,29). The van der Waals surface area contributed by atoms with Gasteiger partial charge in [0.25, 0.3) is 0 Å². The van der Waals surface area contributed by atoms with Crippen LogP contribution < -0.4 is 15.4 Å². The van der Waals surface area contributed by atoms with Gasteiger partial charge in [-0.2, -0.15) is 26.3 Å². The zero-order valence-electron chi connectivity index (χ0n) is 15.4. The van der Waals surface area contributed by atoms with Gasteiger partial charge in [-0.15, -0.1) is 0 Å². The van der Waals surface area contributed by atoms with Crippen LogP contribution in [0.25, 0.3) is 0 Å². The second kappa shape index (κ2) is 8.41. The van der Waals surface area contributed by atoms with Crippen LogP contribution >= 0.6 is 0 Å². The molecule has 1 aliphatic carbocycles. The summed E-state index contributed by atoms with van der Waals surface area (Å²) in [4.78, 5) is 15.8. The van der Waals surface area contributed by atoms with Crippen LogP contribution in [0.2, 0.25) is 0 Å². The normalized spacial score (nSPS) is 16.1. The predicted octanol–water partition coefficient (Wildman–Crippen LogP) is 4.53. The Morgan fingerprint density at radius 3 is 2.60 bits per heavy atom. The van der Waals surface area contributed by atoms with E-state index in [9.17, 15) is 31.1 Å². The van der Waals surface area contributed by atoms with Gasteiger partial charge in [-0.3, -0.25) is 0 Å². The average molecular weight is 433 g/mol. The van der Waals surface area contributed by atoms with E-state index in [0.29, 0.717) is 24.0 Å². The highest BCUT2D eigenvalue weighted by Crippen LogP contribution is 2.36. The number of pyridine rings is 1. The molecule has 3 rings (SSSR count).